The van der Waals surface area contributed by atoms with Crippen molar-refractivity contribution in [1.82, 2.24) is 9.21 Å². The Morgan fingerprint density at radius 3 is 2.33 bits per heavy atom. The second-order valence-electron chi connectivity index (χ2n) is 7.54. The smallest absolute Gasteiger partial charge is 0.253 e. The second-order valence-corrected chi connectivity index (χ2v) is 9.47. The van der Waals surface area contributed by atoms with Gasteiger partial charge in [0.05, 0.1) is 4.90 Å². The normalized spacial score (nSPS) is 17.1. The molecule has 0 radical (unpaired) electrons. The molecule has 1 amide bonds. The van der Waals surface area contributed by atoms with Gasteiger partial charge in [-0.05, 0) is 48.7 Å². The Morgan fingerprint density at radius 2 is 1.67 bits per heavy atom. The Labute approximate surface area is 176 Å². The molecule has 9 heteroatoms. The monoisotopic (exact) mass is 427 g/mol. The predicted octanol–water partition coefficient (Wildman–Crippen LogP) is 1.48. The lowest BCUT2D eigenvalue weighted by Crippen LogP contribution is -2.50. The maximum absolute atomic E-state index is 13.1. The Kier molecular flexibility index (Phi) is 5.48. The van der Waals surface area contributed by atoms with E-state index < -0.39 is 10.0 Å². The third-order valence-corrected chi connectivity index (χ3v) is 7.52. The number of carbonyl (C=O) groups is 1. The van der Waals surface area contributed by atoms with Crippen molar-refractivity contribution in [2.24, 2.45) is 5.73 Å². The number of nitrogens with zero attached hydrogens (tertiary/aromatic N) is 2. The Bertz CT molecular complexity index is 1070. The average molecular weight is 428 g/mol. The van der Waals surface area contributed by atoms with Crippen LogP contribution >= 0.6 is 0 Å². The molecule has 0 atom stereocenters. The topological polar surface area (TPSA) is 120 Å². The van der Waals surface area contributed by atoms with Crippen LogP contribution in [-0.2, 0) is 16.4 Å². The van der Waals surface area contributed by atoms with Crippen LogP contribution in [0, 0.1) is 5.41 Å². The van der Waals surface area contributed by atoms with Crippen LogP contribution in [0.3, 0.4) is 0 Å². The van der Waals surface area contributed by atoms with Crippen molar-refractivity contribution in [3.8, 4) is 0 Å². The molecule has 30 heavy (non-hydrogen) atoms. The summed E-state index contributed by atoms with van der Waals surface area (Å²) in [6.45, 7) is 2.09. The Balaban J connectivity index is 1.43. The highest BCUT2D eigenvalue weighted by Gasteiger charge is 2.31. The fraction of sp³-hybridized carbons (Fsp3) is 0.333. The van der Waals surface area contributed by atoms with Gasteiger partial charge in [0.1, 0.15) is 5.84 Å². The number of carbonyl (C=O) groups excluding carboxylic acids is 1. The summed E-state index contributed by atoms with van der Waals surface area (Å²) in [5.41, 5.74) is 8.54. The first kappa shape index (κ1) is 20.4. The highest BCUT2D eigenvalue weighted by Crippen LogP contribution is 2.27. The van der Waals surface area contributed by atoms with Crippen molar-refractivity contribution in [3.63, 3.8) is 0 Å². The molecule has 158 valence electrons. The molecule has 1 saturated heterocycles. The van der Waals surface area contributed by atoms with E-state index in [1.54, 1.807) is 41.3 Å². The molecule has 2 aromatic carbocycles. The highest BCUT2D eigenvalue weighted by molar-refractivity contribution is 7.89. The summed E-state index contributed by atoms with van der Waals surface area (Å²) >= 11 is 0. The van der Waals surface area contributed by atoms with Crippen LogP contribution in [0.2, 0.25) is 0 Å². The molecule has 0 bridgehead atoms. The number of nitrogen functional groups attached to an aromatic ring is 1. The fourth-order valence-corrected chi connectivity index (χ4v) is 5.34. The van der Waals surface area contributed by atoms with Gasteiger partial charge in [0.15, 0.2) is 0 Å². The molecule has 0 unspecified atom stereocenters. The van der Waals surface area contributed by atoms with Gasteiger partial charge in [0, 0.05) is 49.5 Å². The SMILES string of the molecule is N=C(N)c1ccc(C(=O)N2CCN(S(=O)(=O)c3ccc4c(c3)CCCN4)CC2)cc1. The highest BCUT2D eigenvalue weighted by atomic mass is 32.2. The van der Waals surface area contributed by atoms with Crippen LogP contribution in [-0.4, -0.2) is 62.1 Å². The number of anilines is 1. The third kappa shape index (κ3) is 3.90. The lowest BCUT2D eigenvalue weighted by Gasteiger charge is -2.34. The molecular weight excluding hydrogens is 402 g/mol. The van der Waals surface area contributed by atoms with Crippen LogP contribution in [0.1, 0.15) is 27.9 Å². The summed E-state index contributed by atoms with van der Waals surface area (Å²) in [4.78, 5) is 14.7. The largest absolute Gasteiger partial charge is 0.385 e. The molecule has 4 N–H and O–H groups in total. The lowest BCUT2D eigenvalue weighted by molar-refractivity contribution is 0.0698. The van der Waals surface area contributed by atoms with Crippen molar-refractivity contribution < 1.29 is 13.2 Å². The van der Waals surface area contributed by atoms with Crippen LogP contribution in [0.25, 0.3) is 0 Å². The number of hydrogen-bond donors (Lipinski definition) is 3. The summed E-state index contributed by atoms with van der Waals surface area (Å²) in [6.07, 6.45) is 1.86. The quantitative estimate of drug-likeness (QED) is 0.504. The molecule has 2 aromatic rings. The number of nitrogens with two attached hydrogens (primary N) is 1. The summed E-state index contributed by atoms with van der Waals surface area (Å²) < 4.78 is 27.6. The summed E-state index contributed by atoms with van der Waals surface area (Å²) in [6, 6.07) is 11.8. The van der Waals surface area contributed by atoms with E-state index >= 15 is 0 Å². The minimum Gasteiger partial charge on any atom is -0.385 e. The molecule has 8 nitrogen and oxygen atoms in total. The van der Waals surface area contributed by atoms with Crippen molar-refractivity contribution in [3.05, 3.63) is 59.2 Å². The standard InChI is InChI=1S/C21H25N5O3S/c22-20(23)15-3-5-16(6-4-15)21(27)25-10-12-26(13-11-25)30(28,29)18-7-8-19-17(14-18)2-1-9-24-19/h3-8,14,24H,1-2,9-13H2,(H3,22,23). The first-order valence-electron chi connectivity index (χ1n) is 9.97. The maximum atomic E-state index is 13.1. The molecule has 2 aliphatic rings. The molecule has 0 aromatic heterocycles. The molecule has 1 fully saturated rings. The number of piperazine rings is 1. The van der Waals surface area contributed by atoms with E-state index in [0.29, 0.717) is 29.1 Å². The zero-order chi connectivity index (χ0) is 21.3. The van der Waals surface area contributed by atoms with E-state index in [1.165, 1.54) is 4.31 Å². The zero-order valence-electron chi connectivity index (χ0n) is 16.6. The number of nitrogens with one attached hydrogen (secondary N) is 2. The van der Waals surface area contributed by atoms with Crippen molar-refractivity contribution in [1.29, 1.82) is 5.41 Å². The van der Waals surface area contributed by atoms with Crippen LogP contribution in [0.4, 0.5) is 5.69 Å². The average Bonchev–Trinajstić information content (AvgIpc) is 2.78. The van der Waals surface area contributed by atoms with E-state index in [1.807, 2.05) is 6.07 Å². The molecule has 0 aliphatic carbocycles. The second kappa shape index (κ2) is 8.08. The predicted molar refractivity (Wildman–Crippen MR) is 115 cm³/mol. The minimum absolute atomic E-state index is 0.0502. The number of hydrogen-bond acceptors (Lipinski definition) is 5. The van der Waals surface area contributed by atoms with E-state index in [4.69, 9.17) is 11.1 Å². The molecule has 4 rings (SSSR count). The van der Waals surface area contributed by atoms with E-state index in [0.717, 1.165) is 30.6 Å². The maximum Gasteiger partial charge on any atom is 0.253 e. The van der Waals surface area contributed by atoms with Gasteiger partial charge in [-0.15, -0.1) is 0 Å². The molecular formula is C21H25N5O3S. The van der Waals surface area contributed by atoms with Gasteiger partial charge in [0.25, 0.3) is 5.91 Å². The van der Waals surface area contributed by atoms with E-state index in [2.05, 4.69) is 5.32 Å². The van der Waals surface area contributed by atoms with Gasteiger partial charge in [0.2, 0.25) is 10.0 Å². The number of rotatable bonds is 4. The van der Waals surface area contributed by atoms with Gasteiger partial charge in [-0.2, -0.15) is 4.31 Å². The Hall–Kier alpha value is -2.91. The molecule has 2 heterocycles. The number of amidine groups is 1. The lowest BCUT2D eigenvalue weighted by atomic mass is 10.0. The number of amides is 1. The molecule has 0 saturated carbocycles. The van der Waals surface area contributed by atoms with Crippen molar-refractivity contribution in [2.45, 2.75) is 17.7 Å². The van der Waals surface area contributed by atoms with E-state index in [9.17, 15) is 13.2 Å². The van der Waals surface area contributed by atoms with Gasteiger partial charge in [-0.25, -0.2) is 8.42 Å². The summed E-state index contributed by atoms with van der Waals surface area (Å²) in [5, 5.41) is 10.7. The van der Waals surface area contributed by atoms with Gasteiger partial charge >= 0.3 is 0 Å². The molecule has 0 spiro atoms. The van der Waals surface area contributed by atoms with Gasteiger partial charge in [-0.1, -0.05) is 12.1 Å². The number of benzene rings is 2. The van der Waals surface area contributed by atoms with Crippen LogP contribution < -0.4 is 11.1 Å². The summed E-state index contributed by atoms with van der Waals surface area (Å²) in [7, 11) is -3.59. The first-order valence-corrected chi connectivity index (χ1v) is 11.4. The van der Waals surface area contributed by atoms with Crippen LogP contribution in [0.5, 0.6) is 0 Å². The fourth-order valence-electron chi connectivity index (χ4n) is 3.87. The van der Waals surface area contributed by atoms with Crippen molar-refractivity contribution in [2.75, 3.05) is 38.0 Å². The minimum atomic E-state index is -3.59. The van der Waals surface area contributed by atoms with Crippen LogP contribution in [0.15, 0.2) is 47.4 Å². The van der Waals surface area contributed by atoms with Gasteiger partial charge < -0.3 is 16.0 Å². The number of fused-ring (bicyclic) bond motifs is 1. The van der Waals surface area contributed by atoms with E-state index in [-0.39, 0.29) is 24.8 Å². The third-order valence-electron chi connectivity index (χ3n) is 5.62. The first-order chi connectivity index (χ1) is 14.4. The summed E-state index contributed by atoms with van der Waals surface area (Å²) in [5.74, 6) is -0.201. The zero-order valence-corrected chi connectivity index (χ0v) is 17.4. The number of sulfonamides is 1. The van der Waals surface area contributed by atoms with Gasteiger partial charge in [-0.3, -0.25) is 10.2 Å². The van der Waals surface area contributed by atoms with Crippen molar-refractivity contribution >= 4 is 27.5 Å². The Morgan fingerprint density at radius 1 is 1.00 bits per heavy atom. The number of aryl methyl sites for hydroxylation is 1. The molecule has 2 aliphatic heterocycles.